The Hall–Kier alpha value is -1.88. The van der Waals surface area contributed by atoms with Crippen LogP contribution in [0.15, 0.2) is 18.2 Å². The van der Waals surface area contributed by atoms with Crippen LogP contribution in [0.25, 0.3) is 0 Å². The maximum Gasteiger partial charge on any atom is 0.335 e. The van der Waals surface area contributed by atoms with Crippen molar-refractivity contribution in [2.45, 2.75) is 27.3 Å². The summed E-state index contributed by atoms with van der Waals surface area (Å²) in [5, 5.41) is 12.2. The number of nitrogens with zero attached hydrogens (tertiary/aromatic N) is 1. The first-order valence-electron chi connectivity index (χ1n) is 5.97. The molecule has 2 rings (SSSR count). The predicted molar refractivity (Wildman–Crippen MR) is 77.1 cm³/mol. The van der Waals surface area contributed by atoms with Gasteiger partial charge in [-0.1, -0.05) is 0 Å². The zero-order chi connectivity index (χ0) is 14.0. The summed E-state index contributed by atoms with van der Waals surface area (Å²) in [4.78, 5) is 17.8. The van der Waals surface area contributed by atoms with Crippen molar-refractivity contribution in [1.29, 1.82) is 0 Å². The van der Waals surface area contributed by atoms with Crippen LogP contribution in [-0.4, -0.2) is 16.1 Å². The van der Waals surface area contributed by atoms with Crippen LogP contribution < -0.4 is 5.32 Å². The number of rotatable bonds is 4. The van der Waals surface area contributed by atoms with Gasteiger partial charge in [0.05, 0.1) is 12.1 Å². The second-order valence-electron chi connectivity index (χ2n) is 4.49. The predicted octanol–water partition coefficient (Wildman–Crippen LogP) is 3.38. The molecule has 0 bridgehead atoms. The Morgan fingerprint density at radius 1 is 1.32 bits per heavy atom. The Labute approximate surface area is 116 Å². The third-order valence-electron chi connectivity index (χ3n) is 2.86. The van der Waals surface area contributed by atoms with Crippen LogP contribution >= 0.6 is 11.3 Å². The smallest absolute Gasteiger partial charge is 0.335 e. The number of carbonyl (C=O) groups is 1. The van der Waals surface area contributed by atoms with E-state index in [1.165, 1.54) is 15.3 Å². The molecule has 2 heterocycles. The molecule has 2 aromatic rings. The third-order valence-corrected chi connectivity index (χ3v) is 4.01. The van der Waals surface area contributed by atoms with E-state index in [1.807, 2.05) is 0 Å². The molecule has 100 valence electrons. The summed E-state index contributed by atoms with van der Waals surface area (Å²) < 4.78 is 0. The number of carboxylic acids is 1. The molecule has 0 unspecified atom stereocenters. The Balaban J connectivity index is 2.13. The molecule has 0 aliphatic rings. The number of pyridine rings is 1. The van der Waals surface area contributed by atoms with Crippen LogP contribution in [0.1, 0.15) is 31.4 Å². The Bertz CT molecular complexity index is 600. The van der Waals surface area contributed by atoms with Crippen molar-refractivity contribution in [3.8, 4) is 0 Å². The molecule has 0 aliphatic heterocycles. The van der Waals surface area contributed by atoms with Crippen LogP contribution in [-0.2, 0) is 6.54 Å². The molecule has 19 heavy (non-hydrogen) atoms. The number of aromatic carboxylic acids is 1. The Morgan fingerprint density at radius 2 is 2.05 bits per heavy atom. The van der Waals surface area contributed by atoms with Crippen LogP contribution in [0.4, 0.5) is 5.82 Å². The van der Waals surface area contributed by atoms with E-state index in [-0.39, 0.29) is 5.56 Å². The summed E-state index contributed by atoms with van der Waals surface area (Å²) in [7, 11) is 0. The van der Waals surface area contributed by atoms with Crippen molar-refractivity contribution in [1.82, 2.24) is 4.98 Å². The van der Waals surface area contributed by atoms with Gasteiger partial charge in [0.25, 0.3) is 0 Å². The van der Waals surface area contributed by atoms with Gasteiger partial charge in [0.1, 0.15) is 5.82 Å². The van der Waals surface area contributed by atoms with Gasteiger partial charge in [-0.25, -0.2) is 9.78 Å². The summed E-state index contributed by atoms with van der Waals surface area (Å²) in [6, 6.07) is 5.26. The molecule has 0 saturated heterocycles. The van der Waals surface area contributed by atoms with Gasteiger partial charge in [0, 0.05) is 15.4 Å². The van der Waals surface area contributed by atoms with E-state index in [1.54, 1.807) is 30.4 Å². The molecule has 0 fully saturated rings. The van der Waals surface area contributed by atoms with E-state index < -0.39 is 5.97 Å². The first-order chi connectivity index (χ1) is 8.95. The number of carboxylic acid groups (broad SMARTS) is 1. The summed E-state index contributed by atoms with van der Waals surface area (Å²) in [5.41, 5.74) is 2.24. The number of hydrogen-bond acceptors (Lipinski definition) is 4. The fourth-order valence-corrected chi connectivity index (χ4v) is 2.79. The number of thiophene rings is 1. The fraction of sp³-hybridized carbons (Fsp3) is 0.286. The highest BCUT2D eigenvalue weighted by Gasteiger charge is 2.07. The van der Waals surface area contributed by atoms with Gasteiger partial charge in [0.2, 0.25) is 0 Å². The summed E-state index contributed by atoms with van der Waals surface area (Å²) in [5.74, 6) is -0.336. The molecular formula is C14H16N2O2S. The second kappa shape index (κ2) is 5.40. The lowest BCUT2D eigenvalue weighted by atomic mass is 10.2. The molecule has 5 heteroatoms. The van der Waals surface area contributed by atoms with E-state index in [9.17, 15) is 4.79 Å². The molecule has 0 aliphatic carbocycles. The first-order valence-corrected chi connectivity index (χ1v) is 6.79. The number of aromatic nitrogens is 1. The standard InChI is InChI=1S/C14H16N2O2S/c1-8-4-12(19-10(8)3)7-15-13-6-11(14(17)18)5-9(2)16-13/h4-6H,7H2,1-3H3,(H,15,16)(H,17,18). The highest BCUT2D eigenvalue weighted by molar-refractivity contribution is 7.12. The van der Waals surface area contributed by atoms with Gasteiger partial charge in [-0.3, -0.25) is 0 Å². The zero-order valence-electron chi connectivity index (χ0n) is 11.2. The number of aryl methyl sites for hydroxylation is 3. The lowest BCUT2D eigenvalue weighted by Gasteiger charge is -2.06. The summed E-state index contributed by atoms with van der Waals surface area (Å²) in [6.07, 6.45) is 0. The molecule has 0 atom stereocenters. The van der Waals surface area contributed by atoms with Crippen LogP contribution in [0.2, 0.25) is 0 Å². The first kappa shape index (κ1) is 13.5. The molecule has 0 aromatic carbocycles. The molecule has 2 N–H and O–H groups in total. The van der Waals surface area contributed by atoms with Crippen molar-refractivity contribution < 1.29 is 9.90 Å². The highest BCUT2D eigenvalue weighted by Crippen LogP contribution is 2.21. The van der Waals surface area contributed by atoms with Gasteiger partial charge in [-0.05, 0) is 44.5 Å². The normalized spacial score (nSPS) is 10.5. The van der Waals surface area contributed by atoms with Crippen molar-refractivity contribution >= 4 is 23.1 Å². The van der Waals surface area contributed by atoms with Gasteiger partial charge in [0.15, 0.2) is 0 Å². The largest absolute Gasteiger partial charge is 0.478 e. The Kier molecular flexibility index (Phi) is 3.85. The molecule has 0 spiro atoms. The van der Waals surface area contributed by atoms with Gasteiger partial charge in [-0.15, -0.1) is 11.3 Å². The van der Waals surface area contributed by atoms with Crippen molar-refractivity contribution in [2.24, 2.45) is 0 Å². The SMILES string of the molecule is Cc1cc(C(=O)O)cc(NCc2cc(C)c(C)s2)n1. The van der Waals surface area contributed by atoms with Gasteiger partial charge >= 0.3 is 5.97 Å². The van der Waals surface area contributed by atoms with Crippen molar-refractivity contribution in [2.75, 3.05) is 5.32 Å². The van der Waals surface area contributed by atoms with Crippen molar-refractivity contribution in [3.63, 3.8) is 0 Å². The van der Waals surface area contributed by atoms with E-state index in [0.29, 0.717) is 18.1 Å². The third kappa shape index (κ3) is 3.32. The average molecular weight is 276 g/mol. The Morgan fingerprint density at radius 3 is 2.63 bits per heavy atom. The molecule has 4 nitrogen and oxygen atoms in total. The number of anilines is 1. The number of nitrogens with one attached hydrogen (secondary N) is 1. The molecule has 2 aromatic heterocycles. The topological polar surface area (TPSA) is 62.2 Å². The highest BCUT2D eigenvalue weighted by atomic mass is 32.1. The minimum Gasteiger partial charge on any atom is -0.478 e. The van der Waals surface area contributed by atoms with E-state index in [0.717, 1.165) is 0 Å². The maximum atomic E-state index is 11.0. The molecular weight excluding hydrogens is 260 g/mol. The fourth-order valence-electron chi connectivity index (χ4n) is 1.80. The van der Waals surface area contributed by atoms with Gasteiger partial charge < -0.3 is 10.4 Å². The molecule has 0 amide bonds. The average Bonchev–Trinajstić information content (AvgIpc) is 2.65. The van der Waals surface area contributed by atoms with E-state index >= 15 is 0 Å². The zero-order valence-corrected chi connectivity index (χ0v) is 12.0. The van der Waals surface area contributed by atoms with Gasteiger partial charge in [-0.2, -0.15) is 0 Å². The van der Waals surface area contributed by atoms with Crippen molar-refractivity contribution in [3.05, 3.63) is 44.8 Å². The monoisotopic (exact) mass is 276 g/mol. The van der Waals surface area contributed by atoms with E-state index in [4.69, 9.17) is 5.11 Å². The molecule has 0 saturated carbocycles. The quantitative estimate of drug-likeness (QED) is 0.898. The number of hydrogen-bond donors (Lipinski definition) is 2. The minimum absolute atomic E-state index is 0.258. The lowest BCUT2D eigenvalue weighted by Crippen LogP contribution is -2.04. The van der Waals surface area contributed by atoms with Crippen LogP contribution in [0, 0.1) is 20.8 Å². The minimum atomic E-state index is -0.934. The summed E-state index contributed by atoms with van der Waals surface area (Å²) in [6.45, 7) is 6.63. The van der Waals surface area contributed by atoms with Crippen LogP contribution in [0.3, 0.4) is 0 Å². The lowest BCUT2D eigenvalue weighted by molar-refractivity contribution is 0.0696. The van der Waals surface area contributed by atoms with Crippen LogP contribution in [0.5, 0.6) is 0 Å². The second-order valence-corrected chi connectivity index (χ2v) is 5.83. The maximum absolute atomic E-state index is 11.0. The van der Waals surface area contributed by atoms with E-state index in [2.05, 4.69) is 30.2 Å². The summed E-state index contributed by atoms with van der Waals surface area (Å²) >= 11 is 1.74. The molecule has 0 radical (unpaired) electrons.